The molecule has 0 spiro atoms. The van der Waals surface area contributed by atoms with E-state index in [2.05, 4.69) is 26.3 Å². The van der Waals surface area contributed by atoms with Gasteiger partial charge in [0.2, 0.25) is 5.91 Å². The SMILES string of the molecule is Cc1c(CC(=O)N[C@H](C)c2ncc(C#N)cn2)c(=O)[nH]c2ccc(C#N)cc12. The first kappa shape index (κ1) is 18.7. The smallest absolute Gasteiger partial charge is 0.252 e. The van der Waals surface area contributed by atoms with Gasteiger partial charge in [-0.25, -0.2) is 9.97 Å². The van der Waals surface area contributed by atoms with Crippen molar-refractivity contribution in [2.45, 2.75) is 26.3 Å². The lowest BCUT2D eigenvalue weighted by Crippen LogP contribution is -2.31. The molecular weight excluding hydrogens is 356 g/mol. The van der Waals surface area contributed by atoms with Crippen LogP contribution in [0.25, 0.3) is 10.9 Å². The normalized spacial score (nSPS) is 11.4. The summed E-state index contributed by atoms with van der Waals surface area (Å²) in [7, 11) is 0. The van der Waals surface area contributed by atoms with Gasteiger partial charge in [0, 0.05) is 28.9 Å². The van der Waals surface area contributed by atoms with Crippen LogP contribution in [0.5, 0.6) is 0 Å². The number of hydrogen-bond donors (Lipinski definition) is 2. The predicted octanol–water partition coefficient (Wildman–Crippen LogP) is 1.79. The molecule has 0 unspecified atom stereocenters. The zero-order valence-corrected chi connectivity index (χ0v) is 15.3. The number of nitrogens with one attached hydrogen (secondary N) is 2. The summed E-state index contributed by atoms with van der Waals surface area (Å²) < 4.78 is 0. The average Bonchev–Trinajstić information content (AvgIpc) is 2.71. The summed E-state index contributed by atoms with van der Waals surface area (Å²) in [6, 6.07) is 8.51. The number of H-pyrrole nitrogens is 1. The van der Waals surface area contributed by atoms with E-state index in [0.717, 1.165) is 5.39 Å². The Labute approximate surface area is 160 Å². The fourth-order valence-electron chi connectivity index (χ4n) is 2.91. The van der Waals surface area contributed by atoms with Crippen LogP contribution < -0.4 is 10.9 Å². The molecule has 2 heterocycles. The maximum Gasteiger partial charge on any atom is 0.252 e. The van der Waals surface area contributed by atoms with Gasteiger partial charge < -0.3 is 10.3 Å². The van der Waals surface area contributed by atoms with Gasteiger partial charge in [0.25, 0.3) is 5.56 Å². The van der Waals surface area contributed by atoms with Crippen LogP contribution >= 0.6 is 0 Å². The summed E-state index contributed by atoms with van der Waals surface area (Å²) in [5, 5.41) is 21.4. The molecule has 1 aromatic carbocycles. The Balaban J connectivity index is 1.83. The molecule has 3 rings (SSSR count). The number of fused-ring (bicyclic) bond motifs is 1. The van der Waals surface area contributed by atoms with Crippen molar-refractivity contribution < 1.29 is 4.79 Å². The van der Waals surface area contributed by atoms with Crippen LogP contribution in [0.4, 0.5) is 0 Å². The van der Waals surface area contributed by atoms with Crippen LogP contribution in [0.1, 0.15) is 41.0 Å². The van der Waals surface area contributed by atoms with E-state index in [1.165, 1.54) is 12.4 Å². The summed E-state index contributed by atoms with van der Waals surface area (Å²) in [5.41, 5.74) is 2.08. The first-order chi connectivity index (χ1) is 13.4. The summed E-state index contributed by atoms with van der Waals surface area (Å²) in [6.45, 7) is 3.48. The molecule has 0 saturated carbocycles. The van der Waals surface area contributed by atoms with Gasteiger partial charge in [-0.3, -0.25) is 9.59 Å². The van der Waals surface area contributed by atoms with Crippen molar-refractivity contribution in [1.82, 2.24) is 20.3 Å². The third kappa shape index (κ3) is 3.71. The number of pyridine rings is 1. The standard InChI is InChI=1S/C20H16N6O2/c1-11-15-5-13(7-21)3-4-17(15)26-20(28)16(11)6-18(27)25-12(2)19-23-9-14(8-22)10-24-19/h3-5,9-10,12H,6H2,1-2H3,(H,25,27)(H,26,28)/t12-/m1/s1. The second-order valence-electron chi connectivity index (χ2n) is 6.34. The summed E-state index contributed by atoms with van der Waals surface area (Å²) in [5.74, 6) is 0.0139. The molecule has 2 N–H and O–H groups in total. The number of carbonyl (C=O) groups excluding carboxylic acids is 1. The van der Waals surface area contributed by atoms with E-state index in [4.69, 9.17) is 10.5 Å². The zero-order valence-electron chi connectivity index (χ0n) is 15.3. The van der Waals surface area contributed by atoms with Crippen LogP contribution in [0.3, 0.4) is 0 Å². The van der Waals surface area contributed by atoms with Crippen LogP contribution in [0, 0.1) is 29.6 Å². The Morgan fingerprint density at radius 3 is 2.54 bits per heavy atom. The molecule has 1 atom stereocenters. The molecule has 0 radical (unpaired) electrons. The largest absolute Gasteiger partial charge is 0.346 e. The van der Waals surface area contributed by atoms with Gasteiger partial charge in [-0.1, -0.05) is 0 Å². The number of rotatable bonds is 4. The van der Waals surface area contributed by atoms with Crippen LogP contribution in [-0.4, -0.2) is 20.9 Å². The number of carbonyl (C=O) groups is 1. The summed E-state index contributed by atoms with van der Waals surface area (Å²) in [4.78, 5) is 35.7. The molecule has 0 aliphatic carbocycles. The average molecular weight is 372 g/mol. The predicted molar refractivity (Wildman–Crippen MR) is 101 cm³/mol. The van der Waals surface area contributed by atoms with Crippen LogP contribution in [0.2, 0.25) is 0 Å². The van der Waals surface area contributed by atoms with E-state index in [1.807, 2.05) is 6.07 Å². The Kier molecular flexibility index (Phi) is 5.14. The Bertz CT molecular complexity index is 1200. The maximum atomic E-state index is 12.5. The molecule has 0 aliphatic rings. The second kappa shape index (κ2) is 7.68. The first-order valence-electron chi connectivity index (χ1n) is 8.50. The molecule has 0 fully saturated rings. The lowest BCUT2D eigenvalue weighted by atomic mass is 10.0. The van der Waals surface area contributed by atoms with Crippen molar-refractivity contribution in [2.24, 2.45) is 0 Å². The Hall–Kier alpha value is -4.04. The van der Waals surface area contributed by atoms with Crippen molar-refractivity contribution in [2.75, 3.05) is 0 Å². The van der Waals surface area contributed by atoms with Crippen LogP contribution in [-0.2, 0) is 11.2 Å². The fourth-order valence-corrected chi connectivity index (χ4v) is 2.91. The summed E-state index contributed by atoms with van der Waals surface area (Å²) in [6.07, 6.45) is 2.65. The van der Waals surface area contributed by atoms with Gasteiger partial charge in [0.15, 0.2) is 0 Å². The number of aromatic amines is 1. The molecule has 0 aliphatic heterocycles. The maximum absolute atomic E-state index is 12.5. The fraction of sp³-hybridized carbons (Fsp3) is 0.200. The molecular formula is C20H16N6O2. The molecule has 8 heteroatoms. The second-order valence-corrected chi connectivity index (χ2v) is 6.34. The topological polar surface area (TPSA) is 135 Å². The summed E-state index contributed by atoms with van der Waals surface area (Å²) >= 11 is 0. The van der Waals surface area contributed by atoms with Crippen molar-refractivity contribution in [1.29, 1.82) is 10.5 Å². The minimum Gasteiger partial charge on any atom is -0.346 e. The van der Waals surface area contributed by atoms with E-state index in [-0.39, 0.29) is 17.9 Å². The highest BCUT2D eigenvalue weighted by Gasteiger charge is 2.17. The highest BCUT2D eigenvalue weighted by atomic mass is 16.2. The van der Waals surface area contributed by atoms with Gasteiger partial charge in [0.1, 0.15) is 11.9 Å². The van der Waals surface area contributed by atoms with Gasteiger partial charge in [-0.05, 0) is 37.6 Å². The molecule has 8 nitrogen and oxygen atoms in total. The Morgan fingerprint density at radius 1 is 1.21 bits per heavy atom. The van der Waals surface area contributed by atoms with E-state index in [0.29, 0.717) is 33.6 Å². The van der Waals surface area contributed by atoms with Crippen molar-refractivity contribution in [3.05, 3.63) is 69.0 Å². The quantitative estimate of drug-likeness (QED) is 0.717. The highest BCUT2D eigenvalue weighted by Crippen LogP contribution is 2.19. The van der Waals surface area contributed by atoms with Crippen molar-refractivity contribution in [3.8, 4) is 12.1 Å². The molecule has 0 saturated heterocycles. The third-order valence-corrected chi connectivity index (χ3v) is 4.43. The van der Waals surface area contributed by atoms with E-state index in [1.54, 1.807) is 32.0 Å². The Morgan fingerprint density at radius 2 is 1.89 bits per heavy atom. The third-order valence-electron chi connectivity index (χ3n) is 4.43. The van der Waals surface area contributed by atoms with Gasteiger partial charge >= 0.3 is 0 Å². The minimum atomic E-state index is -0.481. The van der Waals surface area contributed by atoms with Crippen molar-refractivity contribution in [3.63, 3.8) is 0 Å². The van der Waals surface area contributed by atoms with Crippen molar-refractivity contribution >= 4 is 16.8 Å². The number of benzene rings is 1. The van der Waals surface area contributed by atoms with E-state index in [9.17, 15) is 9.59 Å². The molecule has 2 aromatic heterocycles. The van der Waals surface area contributed by atoms with Crippen LogP contribution in [0.15, 0.2) is 35.4 Å². The van der Waals surface area contributed by atoms with Gasteiger partial charge in [-0.2, -0.15) is 10.5 Å². The number of nitriles is 2. The first-order valence-corrected chi connectivity index (χ1v) is 8.50. The van der Waals surface area contributed by atoms with E-state index >= 15 is 0 Å². The van der Waals surface area contributed by atoms with Gasteiger partial charge in [-0.15, -0.1) is 0 Å². The van der Waals surface area contributed by atoms with Gasteiger partial charge in [0.05, 0.1) is 29.7 Å². The highest BCUT2D eigenvalue weighted by molar-refractivity contribution is 5.86. The number of nitrogens with zero attached hydrogens (tertiary/aromatic N) is 4. The number of hydrogen-bond acceptors (Lipinski definition) is 6. The molecule has 1 amide bonds. The minimum absolute atomic E-state index is 0.117. The molecule has 0 bridgehead atoms. The monoisotopic (exact) mass is 372 g/mol. The van der Waals surface area contributed by atoms with E-state index < -0.39 is 6.04 Å². The molecule has 3 aromatic rings. The zero-order chi connectivity index (χ0) is 20.3. The molecule has 138 valence electrons. The number of aryl methyl sites for hydroxylation is 1. The lowest BCUT2D eigenvalue weighted by Gasteiger charge is -2.14. The number of aromatic nitrogens is 3. The lowest BCUT2D eigenvalue weighted by molar-refractivity contribution is -0.121. The molecule has 28 heavy (non-hydrogen) atoms. The number of amides is 1.